The van der Waals surface area contributed by atoms with E-state index in [-0.39, 0.29) is 22.7 Å². The van der Waals surface area contributed by atoms with Crippen molar-refractivity contribution in [2.75, 3.05) is 13.1 Å². The summed E-state index contributed by atoms with van der Waals surface area (Å²) in [5, 5.41) is 7.25. The van der Waals surface area contributed by atoms with E-state index in [1.807, 2.05) is 13.8 Å². The van der Waals surface area contributed by atoms with Gasteiger partial charge >= 0.3 is 0 Å². The molecule has 1 fully saturated rings. The Morgan fingerprint density at radius 3 is 2.78 bits per heavy atom. The number of para-hydroxylation sites is 1. The molecule has 2 aromatic rings. The maximum Gasteiger partial charge on any atom is 0.246 e. The average Bonchev–Trinajstić information content (AvgIpc) is 3.01. The van der Waals surface area contributed by atoms with Gasteiger partial charge in [0.05, 0.1) is 12.4 Å². The fourth-order valence-electron chi connectivity index (χ4n) is 2.71. The van der Waals surface area contributed by atoms with Crippen LogP contribution in [0.15, 0.2) is 41.6 Å². The number of nitrogens with zero attached hydrogens (tertiary/aromatic N) is 3. The Labute approximate surface area is 135 Å². The van der Waals surface area contributed by atoms with Crippen LogP contribution >= 0.6 is 0 Å². The first-order valence-electron chi connectivity index (χ1n) is 7.46. The summed E-state index contributed by atoms with van der Waals surface area (Å²) in [5.41, 5.74) is 0.218. The second kappa shape index (κ2) is 6.03. The van der Waals surface area contributed by atoms with Crippen molar-refractivity contribution in [3.8, 4) is 5.69 Å². The van der Waals surface area contributed by atoms with Crippen molar-refractivity contribution < 1.29 is 12.8 Å². The monoisotopic (exact) mass is 338 g/mol. The summed E-state index contributed by atoms with van der Waals surface area (Å²) in [6.07, 6.45) is 2.62. The zero-order valence-electron chi connectivity index (χ0n) is 13.0. The van der Waals surface area contributed by atoms with Crippen LogP contribution in [-0.4, -0.2) is 47.7 Å². The van der Waals surface area contributed by atoms with Gasteiger partial charge in [-0.05, 0) is 26.0 Å². The predicted octanol–water partition coefficient (Wildman–Crippen LogP) is 1.38. The molecule has 6 nitrogen and oxygen atoms in total. The molecule has 2 atom stereocenters. The van der Waals surface area contributed by atoms with Crippen molar-refractivity contribution in [3.63, 3.8) is 0 Å². The quantitative estimate of drug-likeness (QED) is 0.918. The summed E-state index contributed by atoms with van der Waals surface area (Å²) in [6.45, 7) is 4.83. The molecule has 23 heavy (non-hydrogen) atoms. The molecule has 1 aromatic carbocycles. The molecule has 2 heterocycles. The lowest BCUT2D eigenvalue weighted by molar-refractivity contribution is 0.233. The Morgan fingerprint density at radius 1 is 1.30 bits per heavy atom. The van der Waals surface area contributed by atoms with Gasteiger partial charge in [-0.3, -0.25) is 0 Å². The summed E-state index contributed by atoms with van der Waals surface area (Å²) in [7, 11) is -3.66. The molecule has 1 aromatic heterocycles. The summed E-state index contributed by atoms with van der Waals surface area (Å²) in [6, 6.07) is 6.02. The van der Waals surface area contributed by atoms with Gasteiger partial charge in [-0.2, -0.15) is 9.40 Å². The first-order chi connectivity index (χ1) is 10.9. The molecule has 8 heteroatoms. The third-order valence-electron chi connectivity index (χ3n) is 4.24. The van der Waals surface area contributed by atoms with Crippen molar-refractivity contribution in [3.05, 3.63) is 42.5 Å². The van der Waals surface area contributed by atoms with E-state index in [0.29, 0.717) is 13.1 Å². The van der Waals surface area contributed by atoms with Crippen molar-refractivity contribution in [2.24, 2.45) is 0 Å². The number of hydrogen-bond acceptors (Lipinski definition) is 4. The third kappa shape index (κ3) is 2.89. The van der Waals surface area contributed by atoms with Gasteiger partial charge in [-0.15, -0.1) is 0 Å². The van der Waals surface area contributed by atoms with E-state index >= 15 is 0 Å². The first-order valence-corrected chi connectivity index (χ1v) is 8.90. The first kappa shape index (κ1) is 16.1. The van der Waals surface area contributed by atoms with E-state index in [9.17, 15) is 12.8 Å². The minimum atomic E-state index is -3.66. The SMILES string of the molecule is CC1NCCN(S(=O)(=O)c2cnn(-c3ccccc3F)c2)C1C. The van der Waals surface area contributed by atoms with Crippen LogP contribution < -0.4 is 5.32 Å². The highest BCUT2D eigenvalue weighted by atomic mass is 32.2. The van der Waals surface area contributed by atoms with Gasteiger partial charge in [0, 0.05) is 25.2 Å². The summed E-state index contributed by atoms with van der Waals surface area (Å²) >= 11 is 0. The molecular weight excluding hydrogens is 319 g/mol. The van der Waals surface area contributed by atoms with Crippen LogP contribution in [0.5, 0.6) is 0 Å². The third-order valence-corrected chi connectivity index (χ3v) is 6.18. The number of piperazine rings is 1. The average molecular weight is 338 g/mol. The fraction of sp³-hybridized carbons (Fsp3) is 0.400. The highest BCUT2D eigenvalue weighted by Crippen LogP contribution is 2.22. The molecule has 124 valence electrons. The molecule has 0 spiro atoms. The Bertz CT molecular complexity index is 805. The number of benzene rings is 1. The molecular formula is C15H19FN4O2S. The molecule has 1 aliphatic rings. The van der Waals surface area contributed by atoms with Crippen molar-refractivity contribution in [1.82, 2.24) is 19.4 Å². The highest BCUT2D eigenvalue weighted by molar-refractivity contribution is 7.89. The van der Waals surface area contributed by atoms with Crippen molar-refractivity contribution in [1.29, 1.82) is 0 Å². The van der Waals surface area contributed by atoms with Crippen molar-refractivity contribution in [2.45, 2.75) is 30.8 Å². The minimum absolute atomic E-state index is 0.0696. The zero-order valence-corrected chi connectivity index (χ0v) is 13.8. The van der Waals surface area contributed by atoms with Crippen LogP contribution in [-0.2, 0) is 10.0 Å². The number of sulfonamides is 1. The molecule has 0 saturated carbocycles. The second-order valence-electron chi connectivity index (χ2n) is 5.67. The molecule has 1 saturated heterocycles. The van der Waals surface area contributed by atoms with Gasteiger partial charge in [-0.1, -0.05) is 12.1 Å². The van der Waals surface area contributed by atoms with Gasteiger partial charge in [0.25, 0.3) is 0 Å². The van der Waals surface area contributed by atoms with E-state index in [4.69, 9.17) is 0 Å². The van der Waals surface area contributed by atoms with Crippen LogP contribution in [0.1, 0.15) is 13.8 Å². The summed E-state index contributed by atoms with van der Waals surface area (Å²) in [5.74, 6) is -0.455. The molecule has 0 amide bonds. The molecule has 0 bridgehead atoms. The number of halogens is 1. The number of rotatable bonds is 3. The topological polar surface area (TPSA) is 67.2 Å². The molecule has 1 aliphatic heterocycles. The number of aromatic nitrogens is 2. The largest absolute Gasteiger partial charge is 0.311 e. The predicted molar refractivity (Wildman–Crippen MR) is 84.3 cm³/mol. The lowest BCUT2D eigenvalue weighted by Crippen LogP contribution is -2.56. The van der Waals surface area contributed by atoms with Crippen LogP contribution in [0.4, 0.5) is 4.39 Å². The van der Waals surface area contributed by atoms with Crippen LogP contribution in [0.2, 0.25) is 0 Å². The van der Waals surface area contributed by atoms with Crippen molar-refractivity contribution >= 4 is 10.0 Å². The van der Waals surface area contributed by atoms with E-state index < -0.39 is 15.8 Å². The molecule has 0 radical (unpaired) electrons. The van der Waals surface area contributed by atoms with Gasteiger partial charge < -0.3 is 5.32 Å². The number of nitrogens with one attached hydrogen (secondary N) is 1. The lowest BCUT2D eigenvalue weighted by Gasteiger charge is -2.37. The standard InChI is InChI=1S/C15H19FN4O2S/c1-11-12(2)20(8-7-17-11)23(21,22)13-9-18-19(10-13)15-6-4-3-5-14(15)16/h3-6,9-12,17H,7-8H2,1-2H3. The van der Waals surface area contributed by atoms with E-state index in [0.717, 1.165) is 0 Å². The molecule has 2 unspecified atom stereocenters. The van der Waals surface area contributed by atoms with Gasteiger partial charge in [0.2, 0.25) is 10.0 Å². The smallest absolute Gasteiger partial charge is 0.246 e. The second-order valence-corrected chi connectivity index (χ2v) is 7.56. The maximum absolute atomic E-state index is 13.8. The summed E-state index contributed by atoms with van der Waals surface area (Å²) in [4.78, 5) is 0.0710. The van der Waals surface area contributed by atoms with Gasteiger partial charge in [-0.25, -0.2) is 17.5 Å². The van der Waals surface area contributed by atoms with Crippen LogP contribution in [0.25, 0.3) is 5.69 Å². The summed E-state index contributed by atoms with van der Waals surface area (Å²) < 4.78 is 42.2. The maximum atomic E-state index is 13.8. The van der Waals surface area contributed by atoms with Gasteiger partial charge in [0.15, 0.2) is 0 Å². The van der Waals surface area contributed by atoms with Crippen LogP contribution in [0.3, 0.4) is 0 Å². The van der Waals surface area contributed by atoms with E-state index in [1.54, 1.807) is 18.2 Å². The Kier molecular flexibility index (Phi) is 4.22. The zero-order chi connectivity index (χ0) is 16.6. The Hall–Kier alpha value is -1.77. The Balaban J connectivity index is 1.95. The van der Waals surface area contributed by atoms with Crippen LogP contribution in [0, 0.1) is 5.82 Å². The highest BCUT2D eigenvalue weighted by Gasteiger charge is 2.35. The molecule has 3 rings (SSSR count). The minimum Gasteiger partial charge on any atom is -0.311 e. The molecule has 1 N–H and O–H groups in total. The molecule has 0 aliphatic carbocycles. The number of hydrogen-bond donors (Lipinski definition) is 1. The normalized spacial score (nSPS) is 23.1. The van der Waals surface area contributed by atoms with E-state index in [1.165, 1.54) is 27.4 Å². The lowest BCUT2D eigenvalue weighted by atomic mass is 10.1. The van der Waals surface area contributed by atoms with Gasteiger partial charge in [0.1, 0.15) is 16.4 Å². The van der Waals surface area contributed by atoms with E-state index in [2.05, 4.69) is 10.4 Å². The Morgan fingerprint density at radius 2 is 2.04 bits per heavy atom. The fourth-order valence-corrected chi connectivity index (χ4v) is 4.35.